The zero-order valence-electron chi connectivity index (χ0n) is 12.2. The van der Waals surface area contributed by atoms with Crippen molar-refractivity contribution in [2.75, 3.05) is 12.4 Å². The molecule has 2 N–H and O–H groups in total. The highest BCUT2D eigenvalue weighted by molar-refractivity contribution is 6.35. The summed E-state index contributed by atoms with van der Waals surface area (Å²) in [7, 11) is 0. The van der Waals surface area contributed by atoms with E-state index in [1.165, 1.54) is 4.90 Å². The first-order chi connectivity index (χ1) is 10.5. The first-order valence-corrected chi connectivity index (χ1v) is 7.42. The minimum absolute atomic E-state index is 0.0609. The Bertz CT molecular complexity index is 618. The number of carbonyl (C=O) groups is 3. The van der Waals surface area contributed by atoms with E-state index >= 15 is 0 Å². The molecule has 0 saturated carbocycles. The van der Waals surface area contributed by atoms with Crippen LogP contribution in [0.4, 0.5) is 4.79 Å². The van der Waals surface area contributed by atoms with Gasteiger partial charge in [0, 0.05) is 6.54 Å². The topological polar surface area (TPSA) is 83.3 Å². The number of nitrogens with two attached hydrogens (primary N) is 1. The highest BCUT2D eigenvalue weighted by Crippen LogP contribution is 2.20. The van der Waals surface area contributed by atoms with Crippen LogP contribution in [0.15, 0.2) is 30.3 Å². The number of carbonyl (C=O) groups excluding carboxylic acids is 3. The number of amides is 3. The Labute approximate surface area is 133 Å². The van der Waals surface area contributed by atoms with Crippen LogP contribution >= 0.6 is 11.6 Å². The fourth-order valence-electron chi connectivity index (χ4n) is 2.38. The minimum Gasteiger partial charge on any atom is -0.297 e. The molecule has 0 radical (unpaired) electrons. The van der Waals surface area contributed by atoms with Crippen LogP contribution in [0.25, 0.3) is 0 Å². The maximum Gasteiger partial charge on any atom is 0.418 e. The van der Waals surface area contributed by atoms with Gasteiger partial charge in [-0.15, -0.1) is 11.6 Å². The molecule has 1 atom stereocenters. The van der Waals surface area contributed by atoms with Gasteiger partial charge in [-0.2, -0.15) is 4.90 Å². The van der Waals surface area contributed by atoms with E-state index in [0.717, 1.165) is 10.5 Å². The van der Waals surface area contributed by atoms with Crippen LogP contribution in [0.2, 0.25) is 0 Å². The minimum atomic E-state index is -1.20. The van der Waals surface area contributed by atoms with Crippen LogP contribution in [0.3, 0.4) is 0 Å². The molecule has 22 heavy (non-hydrogen) atoms. The molecule has 1 heterocycles. The monoisotopic (exact) mass is 322 g/mol. The summed E-state index contributed by atoms with van der Waals surface area (Å²) in [6, 6.07) is 8.69. The Morgan fingerprint density at radius 1 is 1.23 bits per heavy atom. The molecule has 1 saturated heterocycles. The SMILES string of the molecule is CCN1C(=O)C(C(=O)CCl)C(=[NH2+])N(Cc2ccccc2)C1=O. The van der Waals surface area contributed by atoms with Gasteiger partial charge in [0.05, 0.1) is 5.88 Å². The maximum absolute atomic E-state index is 12.4. The molecule has 0 spiro atoms. The molecule has 3 amide bonds. The molecule has 116 valence electrons. The number of alkyl halides is 1. The van der Waals surface area contributed by atoms with E-state index in [1.54, 1.807) is 6.92 Å². The molecule has 0 aromatic heterocycles. The van der Waals surface area contributed by atoms with E-state index in [0.29, 0.717) is 0 Å². The molecule has 2 rings (SSSR count). The van der Waals surface area contributed by atoms with Crippen molar-refractivity contribution in [3.8, 4) is 0 Å². The van der Waals surface area contributed by atoms with E-state index < -0.39 is 23.6 Å². The zero-order chi connectivity index (χ0) is 16.3. The summed E-state index contributed by atoms with van der Waals surface area (Å²) in [6.45, 7) is 2.03. The van der Waals surface area contributed by atoms with Gasteiger partial charge in [-0.05, 0) is 12.5 Å². The second kappa shape index (κ2) is 6.70. The predicted molar refractivity (Wildman–Crippen MR) is 80.9 cm³/mol. The average molecular weight is 323 g/mol. The molecule has 1 fully saturated rings. The first-order valence-electron chi connectivity index (χ1n) is 6.89. The lowest BCUT2D eigenvalue weighted by Gasteiger charge is -2.32. The van der Waals surface area contributed by atoms with Crippen LogP contribution < -0.4 is 5.41 Å². The van der Waals surface area contributed by atoms with Gasteiger partial charge in [-0.1, -0.05) is 30.3 Å². The Kier molecular flexibility index (Phi) is 4.92. The number of imide groups is 1. The van der Waals surface area contributed by atoms with Gasteiger partial charge in [0.2, 0.25) is 0 Å². The summed E-state index contributed by atoms with van der Waals surface area (Å²) in [5.41, 5.74) is 0.848. The van der Waals surface area contributed by atoms with Crippen LogP contribution in [0, 0.1) is 5.92 Å². The van der Waals surface area contributed by atoms with Gasteiger partial charge in [0.1, 0.15) is 6.54 Å². The van der Waals surface area contributed by atoms with E-state index in [2.05, 4.69) is 0 Å². The van der Waals surface area contributed by atoms with Crippen molar-refractivity contribution in [1.29, 1.82) is 0 Å². The third-order valence-electron chi connectivity index (χ3n) is 3.54. The molecular formula is C15H17ClN3O3+. The van der Waals surface area contributed by atoms with E-state index in [1.807, 2.05) is 30.3 Å². The number of halogens is 1. The number of benzene rings is 1. The lowest BCUT2D eigenvalue weighted by molar-refractivity contribution is -0.152. The highest BCUT2D eigenvalue weighted by Gasteiger charge is 2.51. The number of hydrogen-bond donors (Lipinski definition) is 1. The van der Waals surface area contributed by atoms with Crippen LogP contribution in [0.5, 0.6) is 0 Å². The molecule has 1 unspecified atom stereocenters. The number of amidine groups is 1. The van der Waals surface area contributed by atoms with Crippen molar-refractivity contribution in [3.05, 3.63) is 35.9 Å². The lowest BCUT2D eigenvalue weighted by Crippen LogP contribution is -2.68. The van der Waals surface area contributed by atoms with E-state index in [4.69, 9.17) is 17.0 Å². The van der Waals surface area contributed by atoms with Gasteiger partial charge < -0.3 is 0 Å². The molecule has 7 heteroatoms. The number of rotatable bonds is 5. The second-order valence-electron chi connectivity index (χ2n) is 4.89. The van der Waals surface area contributed by atoms with Crippen LogP contribution in [0.1, 0.15) is 12.5 Å². The van der Waals surface area contributed by atoms with Crippen molar-refractivity contribution >= 4 is 35.2 Å². The zero-order valence-corrected chi connectivity index (χ0v) is 12.9. The Morgan fingerprint density at radius 3 is 2.41 bits per heavy atom. The van der Waals surface area contributed by atoms with Crippen molar-refractivity contribution in [3.63, 3.8) is 0 Å². The number of Topliss-reactive ketones (excluding diaryl/α,β-unsaturated/α-hetero) is 1. The molecule has 0 bridgehead atoms. The summed E-state index contributed by atoms with van der Waals surface area (Å²) in [4.78, 5) is 38.9. The standard InChI is InChI=1S/C15H16ClN3O3/c1-2-18-14(21)12(11(20)8-16)13(17)19(15(18)22)9-10-6-4-3-5-7-10/h3-7,12,17H,2,8-9H2,1H3/p+1. The van der Waals surface area contributed by atoms with Gasteiger partial charge in [-0.25, -0.2) is 9.69 Å². The summed E-state index contributed by atoms with van der Waals surface area (Å²) in [5.74, 6) is -2.71. The summed E-state index contributed by atoms with van der Waals surface area (Å²) < 4.78 is 0. The molecule has 1 aromatic carbocycles. The lowest BCUT2D eigenvalue weighted by atomic mass is 9.98. The Morgan fingerprint density at radius 2 is 1.86 bits per heavy atom. The fourth-order valence-corrected chi connectivity index (χ4v) is 2.54. The first kappa shape index (κ1) is 16.2. The molecular weight excluding hydrogens is 306 g/mol. The smallest absolute Gasteiger partial charge is 0.297 e. The molecule has 6 nitrogen and oxygen atoms in total. The van der Waals surface area contributed by atoms with Gasteiger partial charge in [0.25, 0.3) is 11.7 Å². The Hall–Kier alpha value is -2.21. The van der Waals surface area contributed by atoms with Crippen molar-refractivity contribution in [1.82, 2.24) is 9.80 Å². The van der Waals surface area contributed by atoms with Crippen LogP contribution in [-0.2, 0) is 16.1 Å². The fraction of sp³-hybridized carbons (Fsp3) is 0.333. The summed E-state index contributed by atoms with van der Waals surface area (Å²) in [6.07, 6.45) is 0. The summed E-state index contributed by atoms with van der Waals surface area (Å²) in [5, 5.41) is 5.94. The maximum atomic E-state index is 12.4. The molecule has 1 aromatic rings. The number of nitrogens with zero attached hydrogens (tertiary/aromatic N) is 2. The highest BCUT2D eigenvalue weighted by atomic mass is 35.5. The van der Waals surface area contributed by atoms with Crippen molar-refractivity contribution in [2.24, 2.45) is 5.92 Å². The third kappa shape index (κ3) is 2.87. The van der Waals surface area contributed by atoms with Crippen LogP contribution in [-0.4, -0.2) is 45.8 Å². The largest absolute Gasteiger partial charge is 0.418 e. The molecule has 0 aliphatic carbocycles. The van der Waals surface area contributed by atoms with E-state index in [9.17, 15) is 14.4 Å². The van der Waals surface area contributed by atoms with Gasteiger partial charge in [0.15, 0.2) is 11.7 Å². The normalized spacial score (nSPS) is 18.8. The molecule has 1 aliphatic rings. The van der Waals surface area contributed by atoms with Crippen molar-refractivity contribution in [2.45, 2.75) is 13.5 Å². The quantitative estimate of drug-likeness (QED) is 0.614. The average Bonchev–Trinajstić information content (AvgIpc) is 2.52. The Balaban J connectivity index is 2.35. The predicted octanol–water partition coefficient (Wildman–Crippen LogP) is 0.0524. The van der Waals surface area contributed by atoms with Gasteiger partial charge in [-0.3, -0.25) is 15.0 Å². The molecule has 1 aliphatic heterocycles. The number of urea groups is 1. The summed E-state index contributed by atoms with van der Waals surface area (Å²) >= 11 is 5.56. The second-order valence-corrected chi connectivity index (χ2v) is 5.16. The third-order valence-corrected chi connectivity index (χ3v) is 3.80. The van der Waals surface area contributed by atoms with Crippen molar-refractivity contribution < 1.29 is 19.8 Å². The number of hydrogen-bond acceptors (Lipinski definition) is 3. The van der Waals surface area contributed by atoms with Gasteiger partial charge >= 0.3 is 6.03 Å². The van der Waals surface area contributed by atoms with E-state index in [-0.39, 0.29) is 24.8 Å². The number of ketones is 1.